The van der Waals surface area contributed by atoms with Crippen LogP contribution in [0, 0.1) is 11.3 Å². The maximum atomic E-state index is 12.6. The number of amides is 2. The fourth-order valence-corrected chi connectivity index (χ4v) is 3.65. The lowest BCUT2D eigenvalue weighted by atomic mass is 9.90. The van der Waals surface area contributed by atoms with E-state index in [1.54, 1.807) is 0 Å². The molecule has 0 spiro atoms. The van der Waals surface area contributed by atoms with Crippen LogP contribution < -0.4 is 10.2 Å². The van der Waals surface area contributed by atoms with Crippen molar-refractivity contribution in [2.45, 2.75) is 60.4 Å². The first kappa shape index (κ1) is 21.3. The molecule has 1 N–H and O–H groups in total. The largest absolute Gasteiger partial charge is 0.369 e. The van der Waals surface area contributed by atoms with Gasteiger partial charge in [-0.15, -0.1) is 0 Å². The average Bonchev–Trinajstić information content (AvgIpc) is 2.62. The highest BCUT2D eigenvalue weighted by Gasteiger charge is 2.32. The Labute approximate surface area is 164 Å². The third-order valence-corrected chi connectivity index (χ3v) is 5.23. The van der Waals surface area contributed by atoms with Crippen LogP contribution in [0.3, 0.4) is 0 Å². The minimum absolute atomic E-state index is 0.0310. The molecule has 0 bridgehead atoms. The van der Waals surface area contributed by atoms with E-state index in [1.165, 1.54) is 5.69 Å². The van der Waals surface area contributed by atoms with Gasteiger partial charge in [0.05, 0.1) is 0 Å². The van der Waals surface area contributed by atoms with Crippen molar-refractivity contribution < 1.29 is 9.59 Å². The predicted octanol–water partition coefficient (Wildman–Crippen LogP) is 4.14. The van der Waals surface area contributed by atoms with Crippen LogP contribution >= 0.6 is 0 Å². The lowest BCUT2D eigenvalue weighted by molar-refractivity contribution is -0.142. The molecule has 0 aliphatic carbocycles. The molecule has 5 heteroatoms. The van der Waals surface area contributed by atoms with Crippen molar-refractivity contribution >= 4 is 23.2 Å². The van der Waals surface area contributed by atoms with Gasteiger partial charge in [-0.2, -0.15) is 0 Å². The fraction of sp³-hybridized carbons (Fsp3) is 0.636. The summed E-state index contributed by atoms with van der Waals surface area (Å²) in [7, 11) is 0. The van der Waals surface area contributed by atoms with Crippen molar-refractivity contribution in [3.63, 3.8) is 0 Å². The normalized spacial score (nSPS) is 15.7. The highest BCUT2D eigenvalue weighted by atomic mass is 16.2. The Balaban J connectivity index is 1.90. The summed E-state index contributed by atoms with van der Waals surface area (Å²) in [6.45, 7) is 14.6. The van der Waals surface area contributed by atoms with E-state index in [9.17, 15) is 9.59 Å². The second-order valence-corrected chi connectivity index (χ2v) is 8.73. The molecule has 1 saturated heterocycles. The van der Waals surface area contributed by atoms with Crippen molar-refractivity contribution in [3.05, 3.63) is 24.3 Å². The minimum atomic E-state index is -0.362. The molecule has 0 radical (unpaired) electrons. The van der Waals surface area contributed by atoms with E-state index in [2.05, 4.69) is 43.1 Å². The van der Waals surface area contributed by atoms with E-state index in [-0.39, 0.29) is 23.1 Å². The molecule has 1 aromatic rings. The van der Waals surface area contributed by atoms with Gasteiger partial charge in [-0.05, 0) is 57.9 Å². The molecule has 1 aliphatic heterocycles. The second kappa shape index (κ2) is 8.77. The summed E-state index contributed by atoms with van der Waals surface area (Å²) >= 11 is 0. The van der Waals surface area contributed by atoms with Crippen LogP contribution in [0.1, 0.15) is 54.4 Å². The third-order valence-electron chi connectivity index (χ3n) is 5.23. The molecule has 0 unspecified atom stereocenters. The lowest BCUT2D eigenvalue weighted by Gasteiger charge is -2.35. The zero-order valence-electron chi connectivity index (χ0n) is 17.7. The Bertz CT molecular complexity index is 639. The van der Waals surface area contributed by atoms with E-state index in [1.807, 2.05) is 37.8 Å². The van der Waals surface area contributed by atoms with Crippen LogP contribution in [0.25, 0.3) is 0 Å². The summed E-state index contributed by atoms with van der Waals surface area (Å²) < 4.78 is 0. The molecule has 1 heterocycles. The molecule has 0 saturated carbocycles. The van der Waals surface area contributed by atoms with Crippen molar-refractivity contribution in [1.29, 1.82) is 0 Å². The molecule has 27 heavy (non-hydrogen) atoms. The first-order chi connectivity index (χ1) is 12.6. The van der Waals surface area contributed by atoms with Gasteiger partial charge in [0, 0.05) is 48.4 Å². The van der Waals surface area contributed by atoms with Gasteiger partial charge in [-0.3, -0.25) is 9.59 Å². The summed E-state index contributed by atoms with van der Waals surface area (Å²) in [6.07, 6.45) is 1.45. The Hall–Kier alpha value is -2.04. The third kappa shape index (κ3) is 5.47. The number of carbonyl (C=O) groups excluding carboxylic acids is 2. The number of anilines is 2. The zero-order valence-corrected chi connectivity index (χ0v) is 17.7. The smallest absolute Gasteiger partial charge is 0.227 e. The fourth-order valence-electron chi connectivity index (χ4n) is 3.65. The zero-order chi connectivity index (χ0) is 20.2. The van der Waals surface area contributed by atoms with Gasteiger partial charge in [0.25, 0.3) is 0 Å². The number of carbonyl (C=O) groups is 2. The number of rotatable bonds is 5. The summed E-state index contributed by atoms with van der Waals surface area (Å²) in [5.74, 6) is 0.195. The summed E-state index contributed by atoms with van der Waals surface area (Å²) in [5.41, 5.74) is 1.63. The van der Waals surface area contributed by atoms with Crippen LogP contribution in [0.15, 0.2) is 24.3 Å². The van der Waals surface area contributed by atoms with E-state index in [0.29, 0.717) is 19.1 Å². The summed E-state index contributed by atoms with van der Waals surface area (Å²) in [5, 5.41) is 3.04. The number of nitrogens with zero attached hydrogens (tertiary/aromatic N) is 2. The van der Waals surface area contributed by atoms with Crippen LogP contribution in [-0.4, -0.2) is 42.4 Å². The lowest BCUT2D eigenvalue weighted by Crippen LogP contribution is -2.45. The first-order valence-electron chi connectivity index (χ1n) is 10.1. The van der Waals surface area contributed by atoms with Crippen LogP contribution in [-0.2, 0) is 9.59 Å². The second-order valence-electron chi connectivity index (χ2n) is 8.73. The molecule has 2 rings (SSSR count). The first-order valence-corrected chi connectivity index (χ1v) is 10.1. The number of likely N-dealkylation sites (tertiary alicyclic amines) is 1. The van der Waals surface area contributed by atoms with Gasteiger partial charge in [-0.25, -0.2) is 0 Å². The number of nitrogens with one attached hydrogen (secondary N) is 1. The van der Waals surface area contributed by atoms with E-state index < -0.39 is 0 Å². The molecular weight excluding hydrogens is 338 g/mol. The monoisotopic (exact) mass is 373 g/mol. The number of hydrogen-bond acceptors (Lipinski definition) is 3. The molecular formula is C22H35N3O2. The molecule has 1 aromatic carbocycles. The Kier molecular flexibility index (Phi) is 6.90. The Morgan fingerprint density at radius 2 is 1.70 bits per heavy atom. The topological polar surface area (TPSA) is 52.7 Å². The average molecular weight is 374 g/mol. The van der Waals surface area contributed by atoms with Gasteiger partial charge >= 0.3 is 0 Å². The summed E-state index contributed by atoms with van der Waals surface area (Å²) in [6, 6.07) is 8.50. The van der Waals surface area contributed by atoms with Gasteiger partial charge in [0.2, 0.25) is 11.8 Å². The van der Waals surface area contributed by atoms with E-state index in [0.717, 1.165) is 25.1 Å². The van der Waals surface area contributed by atoms with E-state index >= 15 is 0 Å². The Morgan fingerprint density at radius 1 is 1.15 bits per heavy atom. The molecule has 0 atom stereocenters. The SMILES string of the molecule is CCN(c1ccc(NC(=O)C2CCN(C(=O)C(C)(C)C)CC2)cc1)C(C)C. The Morgan fingerprint density at radius 3 is 2.15 bits per heavy atom. The van der Waals surface area contributed by atoms with Gasteiger partial charge in [0.1, 0.15) is 0 Å². The molecule has 0 aromatic heterocycles. The molecule has 1 aliphatic rings. The number of benzene rings is 1. The highest BCUT2D eigenvalue weighted by molar-refractivity contribution is 5.93. The van der Waals surface area contributed by atoms with E-state index in [4.69, 9.17) is 0 Å². The van der Waals surface area contributed by atoms with Crippen molar-refractivity contribution in [1.82, 2.24) is 4.90 Å². The van der Waals surface area contributed by atoms with Crippen LogP contribution in [0.4, 0.5) is 11.4 Å². The molecule has 2 amide bonds. The number of piperidine rings is 1. The quantitative estimate of drug-likeness (QED) is 0.844. The van der Waals surface area contributed by atoms with Crippen molar-refractivity contribution in [2.75, 3.05) is 29.9 Å². The van der Waals surface area contributed by atoms with Crippen molar-refractivity contribution in [2.24, 2.45) is 11.3 Å². The molecule has 1 fully saturated rings. The van der Waals surface area contributed by atoms with Crippen LogP contribution in [0.5, 0.6) is 0 Å². The van der Waals surface area contributed by atoms with Crippen LogP contribution in [0.2, 0.25) is 0 Å². The van der Waals surface area contributed by atoms with Gasteiger partial charge in [0.15, 0.2) is 0 Å². The maximum absolute atomic E-state index is 12.6. The van der Waals surface area contributed by atoms with Gasteiger partial charge < -0.3 is 15.1 Å². The standard InChI is InChI=1S/C22H35N3O2/c1-7-25(16(2)3)19-10-8-18(9-11-19)23-20(26)17-12-14-24(15-13-17)21(27)22(4,5)6/h8-11,16-17H,7,12-15H2,1-6H3,(H,23,26). The van der Waals surface area contributed by atoms with Crippen molar-refractivity contribution in [3.8, 4) is 0 Å². The summed E-state index contributed by atoms with van der Waals surface area (Å²) in [4.78, 5) is 29.2. The highest BCUT2D eigenvalue weighted by Crippen LogP contribution is 2.25. The minimum Gasteiger partial charge on any atom is -0.369 e. The molecule has 150 valence electrons. The maximum Gasteiger partial charge on any atom is 0.227 e. The number of hydrogen-bond donors (Lipinski definition) is 1. The predicted molar refractivity (Wildman–Crippen MR) is 112 cm³/mol. The van der Waals surface area contributed by atoms with Gasteiger partial charge in [-0.1, -0.05) is 20.8 Å². The molecule has 5 nitrogen and oxygen atoms in total.